The van der Waals surface area contributed by atoms with E-state index in [2.05, 4.69) is 15.6 Å². The monoisotopic (exact) mass is 405 g/mol. The molecule has 2 N–H and O–H groups in total. The Labute approximate surface area is 166 Å². The van der Waals surface area contributed by atoms with Crippen LogP contribution in [-0.4, -0.2) is 46.3 Å². The Morgan fingerprint density at radius 1 is 1.29 bits per heavy atom. The minimum atomic E-state index is -0.688. The van der Waals surface area contributed by atoms with Gasteiger partial charge in [0.25, 0.3) is 5.69 Å². The topological polar surface area (TPSA) is 117 Å². The third-order valence-corrected chi connectivity index (χ3v) is 4.34. The van der Waals surface area contributed by atoms with E-state index >= 15 is 0 Å². The molecule has 148 valence electrons. The van der Waals surface area contributed by atoms with Crippen molar-refractivity contribution in [1.29, 1.82) is 0 Å². The van der Waals surface area contributed by atoms with E-state index in [4.69, 9.17) is 11.6 Å². The van der Waals surface area contributed by atoms with Crippen LogP contribution in [0.25, 0.3) is 0 Å². The van der Waals surface area contributed by atoms with Gasteiger partial charge in [-0.2, -0.15) is 0 Å². The molecule has 0 aliphatic heterocycles. The Morgan fingerprint density at radius 2 is 2.00 bits per heavy atom. The lowest BCUT2D eigenvalue weighted by molar-refractivity contribution is -0.384. The van der Waals surface area contributed by atoms with Gasteiger partial charge < -0.3 is 10.6 Å². The van der Waals surface area contributed by atoms with Gasteiger partial charge in [-0.1, -0.05) is 17.7 Å². The normalized spacial score (nSPS) is 11.8. The van der Waals surface area contributed by atoms with Crippen molar-refractivity contribution in [3.8, 4) is 0 Å². The van der Waals surface area contributed by atoms with Crippen LogP contribution < -0.4 is 10.6 Å². The molecule has 2 rings (SSSR count). The van der Waals surface area contributed by atoms with Gasteiger partial charge in [-0.25, -0.2) is 4.98 Å². The fourth-order valence-electron chi connectivity index (χ4n) is 2.32. The molecule has 0 bridgehead atoms. The van der Waals surface area contributed by atoms with Crippen LogP contribution >= 0.6 is 11.6 Å². The summed E-state index contributed by atoms with van der Waals surface area (Å²) in [6.45, 7) is 3.37. The van der Waals surface area contributed by atoms with Crippen molar-refractivity contribution in [2.24, 2.45) is 0 Å². The number of carbonyl (C=O) groups is 2. The lowest BCUT2D eigenvalue weighted by Crippen LogP contribution is -2.43. The highest BCUT2D eigenvalue weighted by atomic mass is 35.5. The molecule has 2 amide bonds. The van der Waals surface area contributed by atoms with Crippen LogP contribution in [0.4, 0.5) is 17.2 Å². The van der Waals surface area contributed by atoms with Crippen molar-refractivity contribution >= 4 is 40.6 Å². The summed E-state index contributed by atoms with van der Waals surface area (Å²) < 4.78 is 0. The highest BCUT2D eigenvalue weighted by Crippen LogP contribution is 2.26. The third-order valence-electron chi connectivity index (χ3n) is 4.01. The Hall–Kier alpha value is -3.04. The molecule has 0 radical (unpaired) electrons. The van der Waals surface area contributed by atoms with E-state index in [1.165, 1.54) is 23.1 Å². The zero-order valence-corrected chi connectivity index (χ0v) is 16.4. The van der Waals surface area contributed by atoms with Crippen LogP contribution in [0.2, 0.25) is 5.02 Å². The maximum Gasteiger partial charge on any atom is 0.271 e. The summed E-state index contributed by atoms with van der Waals surface area (Å²) in [5, 5.41) is 16.3. The Balaban J connectivity index is 1.97. The number of carbonyl (C=O) groups excluding carboxylic acids is 2. The quantitative estimate of drug-likeness (QED) is 0.540. The van der Waals surface area contributed by atoms with Crippen LogP contribution in [0.5, 0.6) is 0 Å². The highest BCUT2D eigenvalue weighted by molar-refractivity contribution is 6.33. The van der Waals surface area contributed by atoms with E-state index in [0.717, 1.165) is 5.69 Å². The predicted molar refractivity (Wildman–Crippen MR) is 106 cm³/mol. The number of benzene rings is 1. The van der Waals surface area contributed by atoms with E-state index in [1.807, 2.05) is 13.0 Å². The van der Waals surface area contributed by atoms with Gasteiger partial charge >= 0.3 is 0 Å². The summed E-state index contributed by atoms with van der Waals surface area (Å²) in [5.74, 6) is -0.348. The molecule has 1 aromatic carbocycles. The fraction of sp³-hybridized carbons (Fsp3) is 0.278. The summed E-state index contributed by atoms with van der Waals surface area (Å²) in [4.78, 5) is 40.6. The molecule has 10 heteroatoms. The predicted octanol–water partition coefficient (Wildman–Crippen LogP) is 2.85. The van der Waals surface area contributed by atoms with E-state index in [0.29, 0.717) is 5.82 Å². The number of nitro groups is 1. The van der Waals surface area contributed by atoms with Crippen molar-refractivity contribution in [1.82, 2.24) is 9.88 Å². The highest BCUT2D eigenvalue weighted by Gasteiger charge is 2.22. The van der Waals surface area contributed by atoms with Crippen molar-refractivity contribution in [3.63, 3.8) is 0 Å². The largest absolute Gasteiger partial charge is 0.323 e. The van der Waals surface area contributed by atoms with Gasteiger partial charge in [0.05, 0.1) is 28.2 Å². The number of anilines is 2. The molecule has 0 saturated heterocycles. The SMILES string of the molecule is Cc1cccc(NC(=O)CN(C)C(C)C(=O)Nc2cc([N+](=O)[O-])ccc2Cl)n1. The second-order valence-electron chi connectivity index (χ2n) is 6.21. The molecule has 0 aliphatic rings. The third kappa shape index (κ3) is 5.73. The van der Waals surface area contributed by atoms with Gasteiger partial charge in [0.1, 0.15) is 5.82 Å². The van der Waals surface area contributed by atoms with E-state index in [9.17, 15) is 19.7 Å². The Morgan fingerprint density at radius 3 is 2.64 bits per heavy atom. The number of nitro benzene ring substituents is 1. The minimum Gasteiger partial charge on any atom is -0.323 e. The molecular formula is C18H20ClN5O4. The number of hydrogen-bond donors (Lipinski definition) is 2. The second kappa shape index (κ2) is 9.25. The summed E-state index contributed by atoms with van der Waals surface area (Å²) in [7, 11) is 1.61. The van der Waals surface area contributed by atoms with Crippen molar-refractivity contribution < 1.29 is 14.5 Å². The molecule has 1 aromatic heterocycles. The van der Waals surface area contributed by atoms with E-state index in [1.54, 1.807) is 26.1 Å². The fourth-order valence-corrected chi connectivity index (χ4v) is 2.48. The number of aromatic nitrogens is 1. The van der Waals surface area contributed by atoms with Gasteiger partial charge in [-0.05, 0) is 39.1 Å². The van der Waals surface area contributed by atoms with Crippen LogP contribution in [0, 0.1) is 17.0 Å². The average Bonchev–Trinajstić information content (AvgIpc) is 2.62. The maximum absolute atomic E-state index is 12.4. The molecule has 9 nitrogen and oxygen atoms in total. The van der Waals surface area contributed by atoms with Crippen molar-refractivity contribution in [3.05, 3.63) is 57.2 Å². The smallest absolute Gasteiger partial charge is 0.271 e. The number of amides is 2. The molecule has 0 spiro atoms. The molecule has 1 heterocycles. The zero-order valence-electron chi connectivity index (χ0n) is 15.6. The summed E-state index contributed by atoms with van der Waals surface area (Å²) in [6, 6.07) is 8.34. The second-order valence-corrected chi connectivity index (χ2v) is 6.62. The summed E-state index contributed by atoms with van der Waals surface area (Å²) >= 11 is 5.99. The summed E-state index contributed by atoms with van der Waals surface area (Å²) in [6.07, 6.45) is 0. The van der Waals surface area contributed by atoms with Crippen LogP contribution in [0.1, 0.15) is 12.6 Å². The average molecular weight is 406 g/mol. The number of halogens is 1. The first-order valence-corrected chi connectivity index (χ1v) is 8.73. The van der Waals surface area contributed by atoms with Gasteiger partial charge in [-0.3, -0.25) is 24.6 Å². The summed E-state index contributed by atoms with van der Waals surface area (Å²) in [5.41, 5.74) is 0.716. The van der Waals surface area contributed by atoms with Gasteiger partial charge in [-0.15, -0.1) is 0 Å². The van der Waals surface area contributed by atoms with Gasteiger partial charge in [0, 0.05) is 17.8 Å². The Bertz CT molecular complexity index is 905. The zero-order chi connectivity index (χ0) is 20.8. The number of aryl methyl sites for hydroxylation is 1. The molecular weight excluding hydrogens is 386 g/mol. The van der Waals surface area contributed by atoms with Crippen LogP contribution in [0.3, 0.4) is 0 Å². The number of non-ortho nitro benzene ring substituents is 1. The van der Waals surface area contributed by atoms with Gasteiger partial charge in [0.15, 0.2) is 0 Å². The molecule has 1 atom stereocenters. The molecule has 28 heavy (non-hydrogen) atoms. The molecule has 0 saturated carbocycles. The minimum absolute atomic E-state index is 0.0487. The number of hydrogen-bond acceptors (Lipinski definition) is 6. The van der Waals surface area contributed by atoms with Crippen LogP contribution in [0.15, 0.2) is 36.4 Å². The lowest BCUT2D eigenvalue weighted by atomic mass is 10.2. The lowest BCUT2D eigenvalue weighted by Gasteiger charge is -2.23. The number of nitrogens with one attached hydrogen (secondary N) is 2. The first-order valence-electron chi connectivity index (χ1n) is 8.36. The van der Waals surface area contributed by atoms with Gasteiger partial charge in [0.2, 0.25) is 11.8 Å². The van der Waals surface area contributed by atoms with Crippen LogP contribution in [-0.2, 0) is 9.59 Å². The number of likely N-dealkylation sites (N-methyl/N-ethyl adjacent to an activating group) is 1. The molecule has 2 aromatic rings. The first-order chi connectivity index (χ1) is 13.2. The van der Waals surface area contributed by atoms with Crippen molar-refractivity contribution in [2.75, 3.05) is 24.2 Å². The molecule has 0 fully saturated rings. The number of nitrogens with zero attached hydrogens (tertiary/aromatic N) is 3. The molecule has 0 aliphatic carbocycles. The van der Waals surface area contributed by atoms with E-state index < -0.39 is 16.9 Å². The van der Waals surface area contributed by atoms with E-state index in [-0.39, 0.29) is 28.8 Å². The first kappa shape index (κ1) is 21.3. The van der Waals surface area contributed by atoms with Crippen molar-refractivity contribution in [2.45, 2.75) is 19.9 Å². The molecule has 1 unspecified atom stereocenters. The standard InChI is InChI=1S/C18H20ClN5O4/c1-11-5-4-6-16(20-11)22-17(25)10-23(3)12(2)18(26)21-15-9-13(24(27)28)7-8-14(15)19/h4-9,12H,10H2,1-3H3,(H,21,26)(H,20,22,25). The maximum atomic E-state index is 12.4. The number of rotatable bonds is 7. The Kier molecular flexibility index (Phi) is 7.02. The number of pyridine rings is 1.